The second-order valence-corrected chi connectivity index (χ2v) is 3.00. The molecular weight excluding hydrogens is 154 g/mol. The summed E-state index contributed by atoms with van der Waals surface area (Å²) in [5.41, 5.74) is 1.07. The topological polar surface area (TPSA) is 38.1 Å². The number of hydrogen-bond acceptors (Lipinski definition) is 2. The number of amides is 1. The number of likely N-dealkylation sites (N-methyl/N-ethyl adjacent to an activating group) is 1. The highest BCUT2D eigenvalue weighted by molar-refractivity contribution is 5.75. The highest BCUT2D eigenvalue weighted by Gasteiger charge is 2.04. The van der Waals surface area contributed by atoms with Gasteiger partial charge in [0.15, 0.2) is 0 Å². The average molecular weight is 167 g/mol. The average Bonchev–Trinajstić information content (AvgIpc) is 2.35. The third kappa shape index (κ3) is 2.08. The van der Waals surface area contributed by atoms with E-state index in [0.29, 0.717) is 6.54 Å². The maximum Gasteiger partial charge on any atom is 0.243 e. The van der Waals surface area contributed by atoms with Gasteiger partial charge in [-0.25, -0.2) is 0 Å². The minimum absolute atomic E-state index is 0.0538. The Morgan fingerprint density at radius 3 is 2.75 bits per heavy atom. The molecular formula is C8H13N3O. The summed E-state index contributed by atoms with van der Waals surface area (Å²) in [7, 11) is 3.47. The Kier molecular flexibility index (Phi) is 2.47. The summed E-state index contributed by atoms with van der Waals surface area (Å²) in [5, 5.41) is 4.01. The molecule has 0 radical (unpaired) electrons. The van der Waals surface area contributed by atoms with E-state index in [4.69, 9.17) is 0 Å². The van der Waals surface area contributed by atoms with Gasteiger partial charge < -0.3 is 4.90 Å². The summed E-state index contributed by atoms with van der Waals surface area (Å²) in [6.07, 6.45) is 3.59. The summed E-state index contributed by atoms with van der Waals surface area (Å²) in [6.45, 7) is 2.27. The molecule has 0 saturated carbocycles. The van der Waals surface area contributed by atoms with Crippen LogP contribution in [0, 0.1) is 6.92 Å². The van der Waals surface area contributed by atoms with E-state index in [1.807, 2.05) is 13.1 Å². The van der Waals surface area contributed by atoms with Crippen LogP contribution in [0.2, 0.25) is 0 Å². The van der Waals surface area contributed by atoms with Gasteiger partial charge in [-0.05, 0) is 12.5 Å². The van der Waals surface area contributed by atoms with Gasteiger partial charge in [0.2, 0.25) is 5.91 Å². The van der Waals surface area contributed by atoms with Crippen molar-refractivity contribution in [3.8, 4) is 0 Å². The number of hydrogen-bond donors (Lipinski definition) is 0. The Labute approximate surface area is 71.8 Å². The number of carbonyl (C=O) groups excluding carboxylic acids is 1. The van der Waals surface area contributed by atoms with Crippen molar-refractivity contribution in [2.45, 2.75) is 13.5 Å². The van der Waals surface area contributed by atoms with Crippen LogP contribution in [-0.4, -0.2) is 34.7 Å². The first-order valence-corrected chi connectivity index (χ1v) is 3.79. The first kappa shape index (κ1) is 8.77. The minimum atomic E-state index is 0.0538. The smallest absolute Gasteiger partial charge is 0.243 e. The second-order valence-electron chi connectivity index (χ2n) is 3.00. The molecule has 0 atom stereocenters. The van der Waals surface area contributed by atoms with Crippen molar-refractivity contribution in [1.29, 1.82) is 0 Å². The molecule has 0 unspecified atom stereocenters. The van der Waals surface area contributed by atoms with Gasteiger partial charge in [-0.2, -0.15) is 5.10 Å². The Balaban J connectivity index is 2.58. The minimum Gasteiger partial charge on any atom is -0.347 e. The highest BCUT2D eigenvalue weighted by atomic mass is 16.2. The van der Waals surface area contributed by atoms with Crippen LogP contribution in [0.4, 0.5) is 0 Å². The van der Waals surface area contributed by atoms with E-state index in [0.717, 1.165) is 5.56 Å². The zero-order valence-electron chi connectivity index (χ0n) is 7.61. The van der Waals surface area contributed by atoms with E-state index in [-0.39, 0.29) is 5.91 Å². The Hall–Kier alpha value is -1.32. The number of aromatic nitrogens is 2. The number of rotatable bonds is 2. The molecule has 1 rings (SSSR count). The van der Waals surface area contributed by atoms with Gasteiger partial charge in [-0.1, -0.05) is 0 Å². The third-order valence-electron chi connectivity index (χ3n) is 1.56. The van der Waals surface area contributed by atoms with Gasteiger partial charge in [-0.3, -0.25) is 9.48 Å². The molecule has 66 valence electrons. The summed E-state index contributed by atoms with van der Waals surface area (Å²) in [4.78, 5) is 12.7. The van der Waals surface area contributed by atoms with Crippen LogP contribution in [0.25, 0.3) is 0 Å². The maximum absolute atomic E-state index is 11.2. The number of nitrogens with zero attached hydrogens (tertiary/aromatic N) is 3. The van der Waals surface area contributed by atoms with Gasteiger partial charge in [0, 0.05) is 20.3 Å². The molecule has 0 aromatic carbocycles. The van der Waals surface area contributed by atoms with Crippen molar-refractivity contribution in [3.63, 3.8) is 0 Å². The summed E-state index contributed by atoms with van der Waals surface area (Å²) >= 11 is 0. The van der Waals surface area contributed by atoms with Crippen LogP contribution in [0.1, 0.15) is 5.56 Å². The van der Waals surface area contributed by atoms with Crippen LogP contribution in [0.15, 0.2) is 12.4 Å². The monoisotopic (exact) mass is 167 g/mol. The van der Waals surface area contributed by atoms with Gasteiger partial charge in [0.1, 0.15) is 6.54 Å². The second kappa shape index (κ2) is 3.38. The van der Waals surface area contributed by atoms with Crippen molar-refractivity contribution in [2.75, 3.05) is 14.1 Å². The fourth-order valence-electron chi connectivity index (χ4n) is 0.833. The predicted molar refractivity (Wildman–Crippen MR) is 45.7 cm³/mol. The zero-order chi connectivity index (χ0) is 9.14. The molecule has 12 heavy (non-hydrogen) atoms. The fourth-order valence-corrected chi connectivity index (χ4v) is 0.833. The fraction of sp³-hybridized carbons (Fsp3) is 0.500. The van der Waals surface area contributed by atoms with Gasteiger partial charge in [0.25, 0.3) is 0 Å². The molecule has 4 heteroatoms. The molecule has 4 nitrogen and oxygen atoms in total. The molecule has 0 fully saturated rings. The molecule has 0 spiro atoms. The lowest BCUT2D eigenvalue weighted by Crippen LogP contribution is -2.26. The van der Waals surface area contributed by atoms with E-state index in [2.05, 4.69) is 5.10 Å². The Morgan fingerprint density at radius 2 is 2.33 bits per heavy atom. The standard InChI is InChI=1S/C8H13N3O/c1-7-4-9-11(5-7)6-8(12)10(2)3/h4-5H,6H2,1-3H3. The quantitative estimate of drug-likeness (QED) is 0.634. The van der Waals surface area contributed by atoms with Crippen LogP contribution in [-0.2, 0) is 11.3 Å². The lowest BCUT2D eigenvalue weighted by Gasteiger charge is -2.09. The predicted octanol–water partition coefficient (Wildman–Crippen LogP) is 0.280. The van der Waals surface area contributed by atoms with E-state index < -0.39 is 0 Å². The first-order valence-electron chi connectivity index (χ1n) is 3.79. The van der Waals surface area contributed by atoms with Crippen LogP contribution < -0.4 is 0 Å². The summed E-state index contributed by atoms with van der Waals surface area (Å²) in [5.74, 6) is 0.0538. The molecule has 0 N–H and O–H groups in total. The Morgan fingerprint density at radius 1 is 1.67 bits per heavy atom. The third-order valence-corrected chi connectivity index (χ3v) is 1.56. The normalized spacial score (nSPS) is 9.92. The summed E-state index contributed by atoms with van der Waals surface area (Å²) in [6, 6.07) is 0. The van der Waals surface area contributed by atoms with Gasteiger partial charge in [-0.15, -0.1) is 0 Å². The zero-order valence-corrected chi connectivity index (χ0v) is 7.61. The number of aryl methyl sites for hydroxylation is 1. The molecule has 1 aromatic heterocycles. The molecule has 0 saturated heterocycles. The van der Waals surface area contributed by atoms with Crippen molar-refractivity contribution in [2.24, 2.45) is 0 Å². The summed E-state index contributed by atoms with van der Waals surface area (Å²) < 4.78 is 1.64. The van der Waals surface area contributed by atoms with Gasteiger partial charge in [0.05, 0.1) is 6.20 Å². The van der Waals surface area contributed by atoms with E-state index in [1.54, 1.807) is 29.9 Å². The van der Waals surface area contributed by atoms with E-state index in [1.165, 1.54) is 0 Å². The maximum atomic E-state index is 11.2. The molecule has 0 aliphatic heterocycles. The van der Waals surface area contributed by atoms with Crippen LogP contribution >= 0.6 is 0 Å². The molecule has 1 aromatic rings. The molecule has 0 aliphatic rings. The van der Waals surface area contributed by atoms with E-state index in [9.17, 15) is 4.79 Å². The van der Waals surface area contributed by atoms with Crippen molar-refractivity contribution < 1.29 is 4.79 Å². The number of carbonyl (C=O) groups is 1. The molecule has 1 heterocycles. The molecule has 1 amide bonds. The highest BCUT2D eigenvalue weighted by Crippen LogP contribution is 1.94. The lowest BCUT2D eigenvalue weighted by molar-refractivity contribution is -0.129. The van der Waals surface area contributed by atoms with Crippen molar-refractivity contribution >= 4 is 5.91 Å². The molecule has 0 aliphatic carbocycles. The van der Waals surface area contributed by atoms with Crippen molar-refractivity contribution in [1.82, 2.24) is 14.7 Å². The molecule has 0 bridgehead atoms. The van der Waals surface area contributed by atoms with Gasteiger partial charge >= 0.3 is 0 Å². The largest absolute Gasteiger partial charge is 0.347 e. The first-order chi connectivity index (χ1) is 5.59. The van der Waals surface area contributed by atoms with Crippen molar-refractivity contribution in [3.05, 3.63) is 18.0 Å². The lowest BCUT2D eigenvalue weighted by atomic mass is 10.4. The van der Waals surface area contributed by atoms with Crippen LogP contribution in [0.3, 0.4) is 0 Å². The van der Waals surface area contributed by atoms with E-state index >= 15 is 0 Å². The van der Waals surface area contributed by atoms with Crippen LogP contribution in [0.5, 0.6) is 0 Å². The SMILES string of the molecule is Cc1cnn(CC(=O)N(C)C)c1. The Bertz CT molecular complexity index is 278.